The smallest absolute Gasteiger partial charge is 0.295 e. The number of piperidine rings is 1. The second kappa shape index (κ2) is 10.1. The lowest BCUT2D eigenvalue weighted by Gasteiger charge is -2.36. The fourth-order valence-corrected chi connectivity index (χ4v) is 4.57. The van der Waals surface area contributed by atoms with Crippen LogP contribution in [0.3, 0.4) is 0 Å². The van der Waals surface area contributed by atoms with Crippen molar-refractivity contribution >= 4 is 11.6 Å². The molecule has 1 N–H and O–H groups in total. The standard InChI is InChI=1S/C26H33FN6O2/c1-17-18(14-33(26(2,3)4)25(34)24-30-16-35-31-24)8-9-21(23(17)27)20-10-11-29-13-22(20)32-12-6-7-19(15-32)28-5/h8-11,13,16,19,28H,6-7,12,14-15H2,1-5H3. The Hall–Kier alpha value is -3.33. The fraction of sp³-hybridized carbons (Fsp3) is 0.462. The zero-order valence-electron chi connectivity index (χ0n) is 21.0. The largest absolute Gasteiger partial charge is 0.368 e. The first-order valence-corrected chi connectivity index (χ1v) is 11.9. The van der Waals surface area contributed by atoms with Crippen LogP contribution in [0.25, 0.3) is 11.1 Å². The summed E-state index contributed by atoms with van der Waals surface area (Å²) in [4.78, 5) is 25.2. The van der Waals surface area contributed by atoms with Crippen LogP contribution in [0.2, 0.25) is 0 Å². The first-order valence-electron chi connectivity index (χ1n) is 11.9. The van der Waals surface area contributed by atoms with E-state index in [1.807, 2.05) is 46.1 Å². The average Bonchev–Trinajstić information content (AvgIpc) is 3.39. The van der Waals surface area contributed by atoms with E-state index in [-0.39, 0.29) is 24.1 Å². The summed E-state index contributed by atoms with van der Waals surface area (Å²) < 4.78 is 20.6. The van der Waals surface area contributed by atoms with Gasteiger partial charge in [0.2, 0.25) is 6.39 Å². The van der Waals surface area contributed by atoms with Gasteiger partial charge in [0.15, 0.2) is 0 Å². The van der Waals surface area contributed by atoms with Crippen LogP contribution in [0.4, 0.5) is 10.1 Å². The summed E-state index contributed by atoms with van der Waals surface area (Å²) in [5, 5.41) is 7.04. The molecule has 2 aromatic heterocycles. The summed E-state index contributed by atoms with van der Waals surface area (Å²) in [7, 11) is 1.98. The van der Waals surface area contributed by atoms with Crippen LogP contribution in [0.1, 0.15) is 55.4 Å². The molecule has 1 atom stereocenters. The van der Waals surface area contributed by atoms with Crippen LogP contribution in [0, 0.1) is 12.7 Å². The number of nitrogens with zero attached hydrogens (tertiary/aromatic N) is 5. The van der Waals surface area contributed by atoms with Crippen molar-refractivity contribution < 1.29 is 13.7 Å². The number of carbonyl (C=O) groups is 1. The van der Waals surface area contributed by atoms with Gasteiger partial charge in [-0.2, -0.15) is 4.98 Å². The summed E-state index contributed by atoms with van der Waals surface area (Å²) in [6, 6.07) is 5.96. The monoisotopic (exact) mass is 480 g/mol. The van der Waals surface area contributed by atoms with Crippen molar-refractivity contribution in [3.8, 4) is 11.1 Å². The fourth-order valence-electron chi connectivity index (χ4n) is 4.57. The van der Waals surface area contributed by atoms with Crippen LogP contribution >= 0.6 is 0 Å². The number of benzene rings is 1. The number of aromatic nitrogens is 3. The Labute approximate surface area is 205 Å². The van der Waals surface area contributed by atoms with E-state index in [2.05, 4.69) is 25.3 Å². The third-order valence-corrected chi connectivity index (χ3v) is 6.70. The predicted molar refractivity (Wildman–Crippen MR) is 133 cm³/mol. The highest BCUT2D eigenvalue weighted by molar-refractivity contribution is 5.90. The van der Waals surface area contributed by atoms with Gasteiger partial charge in [-0.15, -0.1) is 0 Å². The number of amides is 1. The molecule has 0 radical (unpaired) electrons. The Morgan fingerprint density at radius 1 is 1.29 bits per heavy atom. The highest BCUT2D eigenvalue weighted by Crippen LogP contribution is 2.35. The molecule has 0 aliphatic carbocycles. The second-order valence-corrected chi connectivity index (χ2v) is 9.99. The predicted octanol–water partition coefficient (Wildman–Crippen LogP) is 4.21. The zero-order valence-corrected chi connectivity index (χ0v) is 21.0. The van der Waals surface area contributed by atoms with Crippen LogP contribution < -0.4 is 10.2 Å². The maximum absolute atomic E-state index is 15.9. The van der Waals surface area contributed by atoms with Gasteiger partial charge in [0.05, 0.1) is 11.9 Å². The van der Waals surface area contributed by atoms with E-state index in [0.29, 0.717) is 17.2 Å². The molecule has 1 aliphatic heterocycles. The molecular weight excluding hydrogens is 447 g/mol. The third kappa shape index (κ3) is 5.19. The van der Waals surface area contributed by atoms with Crippen LogP contribution in [0.15, 0.2) is 41.5 Å². The first-order chi connectivity index (χ1) is 16.7. The Kier molecular flexibility index (Phi) is 7.16. The summed E-state index contributed by atoms with van der Waals surface area (Å²) in [6.07, 6.45) is 6.84. The number of pyridine rings is 1. The van der Waals surface area contributed by atoms with Crippen molar-refractivity contribution in [2.45, 2.75) is 58.7 Å². The zero-order chi connectivity index (χ0) is 25.2. The molecule has 8 nitrogen and oxygen atoms in total. The molecule has 3 heterocycles. The van der Waals surface area contributed by atoms with Gasteiger partial charge in [-0.25, -0.2) is 4.39 Å². The van der Waals surface area contributed by atoms with Gasteiger partial charge in [-0.05, 0) is 64.8 Å². The highest BCUT2D eigenvalue weighted by atomic mass is 19.1. The Morgan fingerprint density at radius 2 is 2.09 bits per heavy atom. The van der Waals surface area contributed by atoms with Crippen molar-refractivity contribution in [2.75, 3.05) is 25.0 Å². The lowest BCUT2D eigenvalue weighted by molar-refractivity contribution is 0.0542. The number of anilines is 1. The van der Waals surface area contributed by atoms with Gasteiger partial charge in [0.25, 0.3) is 11.7 Å². The Morgan fingerprint density at radius 3 is 2.77 bits per heavy atom. The number of carbonyl (C=O) groups excluding carboxylic acids is 1. The van der Waals surface area contributed by atoms with Crippen molar-refractivity contribution in [1.82, 2.24) is 25.3 Å². The van der Waals surface area contributed by atoms with Gasteiger partial charge in [0.1, 0.15) is 5.82 Å². The summed E-state index contributed by atoms with van der Waals surface area (Å²) in [6.45, 7) is 9.51. The molecular formula is C26H33FN6O2. The average molecular weight is 481 g/mol. The number of hydrogen-bond donors (Lipinski definition) is 1. The number of rotatable bonds is 6. The molecule has 1 aromatic carbocycles. The lowest BCUT2D eigenvalue weighted by atomic mass is 9.95. The summed E-state index contributed by atoms with van der Waals surface area (Å²) in [5.41, 5.74) is 2.98. The number of likely N-dealkylation sites (N-methyl/N-ethyl adjacent to an activating group) is 1. The van der Waals surface area contributed by atoms with Gasteiger partial charge >= 0.3 is 0 Å². The van der Waals surface area contributed by atoms with Crippen molar-refractivity contribution in [3.63, 3.8) is 0 Å². The lowest BCUT2D eigenvalue weighted by Crippen LogP contribution is -2.45. The molecule has 3 aromatic rings. The minimum absolute atomic E-state index is 0.0162. The van der Waals surface area contributed by atoms with E-state index in [4.69, 9.17) is 4.52 Å². The molecule has 0 spiro atoms. The first kappa shape index (κ1) is 24.8. The highest BCUT2D eigenvalue weighted by Gasteiger charge is 2.31. The molecule has 1 saturated heterocycles. The molecule has 186 valence electrons. The molecule has 0 saturated carbocycles. The summed E-state index contributed by atoms with van der Waals surface area (Å²) in [5.74, 6) is -0.675. The van der Waals surface area contributed by atoms with Gasteiger partial charge in [-0.1, -0.05) is 17.3 Å². The van der Waals surface area contributed by atoms with Crippen molar-refractivity contribution in [3.05, 3.63) is 59.8 Å². The van der Waals surface area contributed by atoms with E-state index in [9.17, 15) is 4.79 Å². The number of halogens is 1. The third-order valence-electron chi connectivity index (χ3n) is 6.70. The Bertz CT molecular complexity index is 1180. The number of hydrogen-bond acceptors (Lipinski definition) is 7. The van der Waals surface area contributed by atoms with Gasteiger partial charge in [0, 0.05) is 48.5 Å². The van der Waals surface area contributed by atoms with Crippen molar-refractivity contribution in [2.24, 2.45) is 0 Å². The SMILES string of the molecule is CNC1CCCN(c2cnccc2-c2ccc(CN(C(=O)c3ncon3)C(C)(C)C)c(C)c2F)C1. The minimum Gasteiger partial charge on any atom is -0.368 e. The van der Waals surface area contributed by atoms with E-state index >= 15 is 4.39 Å². The molecule has 1 amide bonds. The second-order valence-electron chi connectivity index (χ2n) is 9.99. The summed E-state index contributed by atoms with van der Waals surface area (Å²) >= 11 is 0. The number of nitrogens with one attached hydrogen (secondary N) is 1. The molecule has 9 heteroatoms. The molecule has 0 bridgehead atoms. The minimum atomic E-state index is -0.532. The van der Waals surface area contributed by atoms with Crippen molar-refractivity contribution in [1.29, 1.82) is 0 Å². The maximum atomic E-state index is 15.9. The molecule has 4 rings (SSSR count). The van der Waals surface area contributed by atoms with Crippen LogP contribution in [0.5, 0.6) is 0 Å². The normalized spacial score (nSPS) is 16.4. The maximum Gasteiger partial charge on any atom is 0.295 e. The molecule has 1 aliphatic rings. The van der Waals surface area contributed by atoms with E-state index in [1.54, 1.807) is 24.1 Å². The molecule has 1 fully saturated rings. The van der Waals surface area contributed by atoms with E-state index < -0.39 is 5.54 Å². The molecule has 1 unspecified atom stereocenters. The van der Waals surface area contributed by atoms with E-state index in [0.717, 1.165) is 49.1 Å². The Balaban J connectivity index is 1.67. The van der Waals surface area contributed by atoms with Gasteiger partial charge in [-0.3, -0.25) is 9.78 Å². The van der Waals surface area contributed by atoms with Crippen LogP contribution in [-0.4, -0.2) is 57.6 Å². The van der Waals surface area contributed by atoms with Crippen LogP contribution in [-0.2, 0) is 6.54 Å². The molecule has 35 heavy (non-hydrogen) atoms. The topological polar surface area (TPSA) is 87.4 Å². The quantitative estimate of drug-likeness (QED) is 0.566. The van der Waals surface area contributed by atoms with E-state index in [1.165, 1.54) is 0 Å². The van der Waals surface area contributed by atoms with Gasteiger partial charge < -0.3 is 19.6 Å².